The topological polar surface area (TPSA) is 57.6 Å². The van der Waals surface area contributed by atoms with Gasteiger partial charge in [-0.05, 0) is 26.0 Å². The fraction of sp³-hybridized carbons (Fsp3) is 0.333. The normalized spacial score (nSPS) is 10.5. The molecule has 0 spiro atoms. The molecular weight excluding hydrogens is 277 g/mol. The van der Waals surface area contributed by atoms with Gasteiger partial charge in [-0.2, -0.15) is 0 Å². The molecule has 98 valence electrons. The smallest absolute Gasteiger partial charge is 0.323 e. The van der Waals surface area contributed by atoms with Gasteiger partial charge in [0.25, 0.3) is 5.91 Å². The molecule has 0 aliphatic heterocycles. The number of carbonyl (C=O) groups excluding carboxylic acids is 1. The highest BCUT2D eigenvalue weighted by Crippen LogP contribution is 2.26. The minimum Gasteiger partial charge on any atom is -0.480 e. The Morgan fingerprint density at radius 1 is 1.28 bits per heavy atom. The van der Waals surface area contributed by atoms with Crippen LogP contribution in [0.3, 0.4) is 0 Å². The Hall–Kier alpha value is -1.26. The summed E-state index contributed by atoms with van der Waals surface area (Å²) >= 11 is 11.9. The molecule has 18 heavy (non-hydrogen) atoms. The molecule has 0 saturated heterocycles. The number of aliphatic carboxylic acids is 1. The molecule has 1 amide bonds. The number of amides is 1. The zero-order chi connectivity index (χ0) is 13.9. The lowest BCUT2D eigenvalue weighted by Crippen LogP contribution is -2.40. The minimum absolute atomic E-state index is 0.135. The zero-order valence-corrected chi connectivity index (χ0v) is 11.5. The molecule has 1 aromatic rings. The van der Waals surface area contributed by atoms with Crippen LogP contribution in [0.5, 0.6) is 0 Å². The monoisotopic (exact) mass is 289 g/mol. The second-order valence-corrected chi connectivity index (χ2v) is 4.83. The second kappa shape index (κ2) is 6.07. The molecule has 0 aromatic heterocycles. The molecule has 1 N–H and O–H groups in total. The lowest BCUT2D eigenvalue weighted by atomic mass is 10.1. The average molecular weight is 290 g/mol. The standard InChI is InChI=1S/C12H13Cl2NO3/c1-7(2)15(6-10(16)17)12(18)11-8(13)4-3-5-9(11)14/h3-5,7H,6H2,1-2H3,(H,16,17). The molecule has 1 rings (SSSR count). The number of benzene rings is 1. The fourth-order valence-corrected chi connectivity index (χ4v) is 2.04. The highest BCUT2D eigenvalue weighted by Gasteiger charge is 2.24. The van der Waals surface area contributed by atoms with Crippen LogP contribution in [0.2, 0.25) is 10.0 Å². The maximum absolute atomic E-state index is 12.3. The first-order valence-electron chi connectivity index (χ1n) is 5.31. The van der Waals surface area contributed by atoms with Gasteiger partial charge in [0.2, 0.25) is 0 Å². The van der Waals surface area contributed by atoms with E-state index in [1.54, 1.807) is 32.0 Å². The predicted molar refractivity (Wildman–Crippen MR) is 70.3 cm³/mol. The lowest BCUT2D eigenvalue weighted by Gasteiger charge is -2.25. The van der Waals surface area contributed by atoms with Crippen molar-refractivity contribution >= 4 is 35.1 Å². The first kappa shape index (κ1) is 14.8. The van der Waals surface area contributed by atoms with E-state index in [0.29, 0.717) is 0 Å². The highest BCUT2D eigenvalue weighted by atomic mass is 35.5. The Kier molecular flexibility index (Phi) is 4.99. The van der Waals surface area contributed by atoms with Gasteiger partial charge in [0, 0.05) is 6.04 Å². The van der Waals surface area contributed by atoms with Gasteiger partial charge < -0.3 is 10.0 Å². The molecule has 0 bridgehead atoms. The van der Waals surface area contributed by atoms with Gasteiger partial charge in [-0.1, -0.05) is 29.3 Å². The van der Waals surface area contributed by atoms with Crippen LogP contribution in [0.25, 0.3) is 0 Å². The summed E-state index contributed by atoms with van der Waals surface area (Å²) in [4.78, 5) is 24.2. The summed E-state index contributed by atoms with van der Waals surface area (Å²) in [6.45, 7) is 3.06. The van der Waals surface area contributed by atoms with Gasteiger partial charge in [-0.25, -0.2) is 0 Å². The van der Waals surface area contributed by atoms with E-state index in [0.717, 1.165) is 0 Å². The molecule has 0 radical (unpaired) electrons. The quantitative estimate of drug-likeness (QED) is 0.927. The Bertz CT molecular complexity index is 454. The van der Waals surface area contributed by atoms with Crippen LogP contribution >= 0.6 is 23.2 Å². The van der Waals surface area contributed by atoms with Crippen LogP contribution in [0.1, 0.15) is 24.2 Å². The molecule has 0 heterocycles. The van der Waals surface area contributed by atoms with Crippen molar-refractivity contribution in [2.24, 2.45) is 0 Å². The van der Waals surface area contributed by atoms with E-state index in [2.05, 4.69) is 0 Å². The van der Waals surface area contributed by atoms with Crippen molar-refractivity contribution in [2.45, 2.75) is 19.9 Å². The first-order chi connectivity index (χ1) is 8.34. The third-order valence-corrected chi connectivity index (χ3v) is 3.00. The molecule has 0 aliphatic rings. The third-order valence-electron chi connectivity index (χ3n) is 2.37. The van der Waals surface area contributed by atoms with Crippen LogP contribution < -0.4 is 0 Å². The van der Waals surface area contributed by atoms with Gasteiger partial charge in [0.1, 0.15) is 6.54 Å². The van der Waals surface area contributed by atoms with Crippen LogP contribution in [0.15, 0.2) is 18.2 Å². The molecule has 0 fully saturated rings. The van der Waals surface area contributed by atoms with E-state index < -0.39 is 18.4 Å². The lowest BCUT2D eigenvalue weighted by molar-refractivity contribution is -0.138. The largest absolute Gasteiger partial charge is 0.480 e. The maximum Gasteiger partial charge on any atom is 0.323 e. The van der Waals surface area contributed by atoms with Gasteiger partial charge in [-0.3, -0.25) is 9.59 Å². The summed E-state index contributed by atoms with van der Waals surface area (Å²) < 4.78 is 0. The van der Waals surface area contributed by atoms with Crippen molar-refractivity contribution in [3.63, 3.8) is 0 Å². The van der Waals surface area contributed by atoms with E-state index in [-0.39, 0.29) is 21.7 Å². The van der Waals surface area contributed by atoms with Crippen LogP contribution in [-0.2, 0) is 4.79 Å². The zero-order valence-electron chi connectivity index (χ0n) is 9.98. The minimum atomic E-state index is -1.08. The van der Waals surface area contributed by atoms with Gasteiger partial charge >= 0.3 is 5.97 Å². The van der Waals surface area contributed by atoms with Crippen molar-refractivity contribution < 1.29 is 14.7 Å². The second-order valence-electron chi connectivity index (χ2n) is 4.02. The maximum atomic E-state index is 12.3. The van der Waals surface area contributed by atoms with E-state index in [4.69, 9.17) is 28.3 Å². The van der Waals surface area contributed by atoms with Crippen LogP contribution in [-0.4, -0.2) is 34.5 Å². The van der Waals surface area contributed by atoms with Crippen LogP contribution in [0.4, 0.5) is 0 Å². The van der Waals surface area contributed by atoms with Crippen molar-refractivity contribution in [3.8, 4) is 0 Å². The fourth-order valence-electron chi connectivity index (χ4n) is 1.48. The van der Waals surface area contributed by atoms with E-state index in [1.165, 1.54) is 4.90 Å². The number of halogens is 2. The van der Waals surface area contributed by atoms with Crippen molar-refractivity contribution in [1.82, 2.24) is 4.90 Å². The van der Waals surface area contributed by atoms with E-state index >= 15 is 0 Å². The van der Waals surface area contributed by atoms with Gasteiger partial charge in [-0.15, -0.1) is 0 Å². The number of carboxylic acids is 1. The predicted octanol–water partition coefficient (Wildman–Crippen LogP) is 2.93. The summed E-state index contributed by atoms with van der Waals surface area (Å²) in [5, 5.41) is 9.23. The summed E-state index contributed by atoms with van der Waals surface area (Å²) in [5.41, 5.74) is 0.135. The van der Waals surface area contributed by atoms with E-state index in [1.807, 2.05) is 0 Å². The molecule has 0 atom stereocenters. The Labute approximate surface area is 115 Å². The summed E-state index contributed by atoms with van der Waals surface area (Å²) in [6.07, 6.45) is 0. The van der Waals surface area contributed by atoms with Gasteiger partial charge in [0.05, 0.1) is 15.6 Å². The summed E-state index contributed by atoms with van der Waals surface area (Å²) in [5.74, 6) is -1.57. The molecule has 0 aliphatic carbocycles. The number of carbonyl (C=O) groups is 2. The number of rotatable bonds is 4. The number of carboxylic acid groups (broad SMARTS) is 1. The Balaban J connectivity index is 3.14. The first-order valence-corrected chi connectivity index (χ1v) is 6.07. The number of hydrogen-bond acceptors (Lipinski definition) is 2. The van der Waals surface area contributed by atoms with Crippen molar-refractivity contribution in [1.29, 1.82) is 0 Å². The Morgan fingerprint density at radius 3 is 2.17 bits per heavy atom. The number of hydrogen-bond donors (Lipinski definition) is 1. The third kappa shape index (κ3) is 3.37. The highest BCUT2D eigenvalue weighted by molar-refractivity contribution is 6.39. The molecule has 0 unspecified atom stereocenters. The summed E-state index contributed by atoms with van der Waals surface area (Å²) in [6, 6.07) is 4.44. The van der Waals surface area contributed by atoms with Crippen molar-refractivity contribution in [3.05, 3.63) is 33.8 Å². The number of nitrogens with zero attached hydrogens (tertiary/aromatic N) is 1. The molecule has 1 aromatic carbocycles. The van der Waals surface area contributed by atoms with E-state index in [9.17, 15) is 9.59 Å². The van der Waals surface area contributed by atoms with Crippen LogP contribution in [0, 0.1) is 0 Å². The molecular formula is C12H13Cl2NO3. The average Bonchev–Trinajstić information content (AvgIpc) is 2.24. The SMILES string of the molecule is CC(C)N(CC(=O)O)C(=O)c1c(Cl)cccc1Cl. The Morgan fingerprint density at radius 2 is 1.78 bits per heavy atom. The summed E-state index contributed by atoms with van der Waals surface area (Å²) in [7, 11) is 0. The molecule has 6 heteroatoms. The van der Waals surface area contributed by atoms with Gasteiger partial charge in [0.15, 0.2) is 0 Å². The molecule has 4 nitrogen and oxygen atoms in total. The molecule has 0 saturated carbocycles. The van der Waals surface area contributed by atoms with Crippen molar-refractivity contribution in [2.75, 3.05) is 6.54 Å².